The smallest absolute Gasteiger partial charge is 0.756 e. The van der Waals surface area contributed by atoms with Gasteiger partial charge < -0.3 is 20.0 Å². The molecule has 0 rings (SSSR count). The Morgan fingerprint density at radius 2 is 1.40 bits per heavy atom. The summed E-state index contributed by atoms with van der Waals surface area (Å²) in [5.41, 5.74) is 0. The quantitative estimate of drug-likeness (QED) is 0.282. The van der Waals surface area contributed by atoms with E-state index in [1.807, 2.05) is 14.1 Å². The molecule has 0 spiro atoms. The predicted molar refractivity (Wildman–Crippen MR) is 34.3 cm³/mol. The minimum atomic E-state index is -4.89. The summed E-state index contributed by atoms with van der Waals surface area (Å²) in [7, 11) is -1.14. The van der Waals surface area contributed by atoms with Crippen molar-refractivity contribution in [3.05, 3.63) is 0 Å². The first-order chi connectivity index (χ1) is 3.41. The van der Waals surface area contributed by atoms with Crippen molar-refractivity contribution < 1.29 is 70.6 Å². The second-order valence-corrected chi connectivity index (χ2v) is 1.97. The molecule has 10 heavy (non-hydrogen) atoms. The number of nitrogens with one attached hydrogen (secondary N) is 1. The third-order valence-corrected chi connectivity index (χ3v) is 0. The van der Waals surface area contributed by atoms with Crippen LogP contribution in [0.25, 0.3) is 0 Å². The zero-order valence-electron chi connectivity index (χ0n) is 6.07. The predicted octanol–water partition coefficient (Wildman–Crippen LogP) is -4.30. The minimum Gasteiger partial charge on any atom is -0.756 e. The molecule has 0 bridgehead atoms. The van der Waals surface area contributed by atoms with Gasteiger partial charge in [-0.3, -0.25) is 4.57 Å². The van der Waals surface area contributed by atoms with E-state index in [1.54, 1.807) is 0 Å². The average molecular weight is 218 g/mol. The zero-order valence-corrected chi connectivity index (χ0v) is 10.9. The standard InChI is InChI=1S/C2H7N.ClH.K.H3O4P/c1-3-2;;;1-5(2,3)4/h3H,1-2H3;1H;;(H3,1,2,3,4)/q;;+1;/p-1. The molecule has 60 valence electrons. The summed E-state index contributed by atoms with van der Waals surface area (Å²) in [5, 5.41) is 2.75. The van der Waals surface area contributed by atoms with Crippen LogP contribution in [0.15, 0.2) is 0 Å². The second-order valence-electron chi connectivity index (χ2n) is 0.991. The van der Waals surface area contributed by atoms with Crippen molar-refractivity contribution in [2.75, 3.05) is 14.1 Å². The maximum Gasteiger partial charge on any atom is 1.00 e. The maximum absolute atomic E-state index is 8.77. The molecular formula is C2H10ClKNO4P. The van der Waals surface area contributed by atoms with Crippen LogP contribution in [0.1, 0.15) is 0 Å². The number of rotatable bonds is 0. The van der Waals surface area contributed by atoms with Gasteiger partial charge in [0.1, 0.15) is 0 Å². The topological polar surface area (TPSA) is 92.6 Å². The first-order valence-corrected chi connectivity index (χ1v) is 3.30. The van der Waals surface area contributed by atoms with Crippen LogP contribution in [0.4, 0.5) is 0 Å². The first-order valence-electron chi connectivity index (χ1n) is 1.77. The van der Waals surface area contributed by atoms with Crippen LogP contribution in [0.5, 0.6) is 0 Å². The molecule has 0 radical (unpaired) electrons. The molecule has 0 aromatic heterocycles. The van der Waals surface area contributed by atoms with Crippen molar-refractivity contribution in [3.8, 4) is 0 Å². The largest absolute Gasteiger partial charge is 1.00 e. The molecule has 3 N–H and O–H groups in total. The van der Waals surface area contributed by atoms with E-state index in [-0.39, 0.29) is 63.8 Å². The fourth-order valence-electron chi connectivity index (χ4n) is 0. The van der Waals surface area contributed by atoms with Crippen LogP contribution in [0.2, 0.25) is 0 Å². The average Bonchev–Trinajstić information content (AvgIpc) is 1.27. The van der Waals surface area contributed by atoms with E-state index < -0.39 is 7.82 Å². The Morgan fingerprint density at radius 1 is 1.40 bits per heavy atom. The van der Waals surface area contributed by atoms with Gasteiger partial charge in [-0.15, -0.1) is 12.4 Å². The van der Waals surface area contributed by atoms with E-state index in [0.29, 0.717) is 0 Å². The Kier molecular flexibility index (Phi) is 30.8. The first kappa shape index (κ1) is 22.7. The molecule has 0 fully saturated rings. The SMILES string of the molecule is CNC.Cl.O=P([O-])(O)O.[K+]. The number of halogens is 1. The van der Waals surface area contributed by atoms with Crippen molar-refractivity contribution in [2.45, 2.75) is 0 Å². The van der Waals surface area contributed by atoms with Gasteiger partial charge in [0.25, 0.3) is 7.82 Å². The van der Waals surface area contributed by atoms with Crippen LogP contribution in [0, 0.1) is 0 Å². The summed E-state index contributed by atoms with van der Waals surface area (Å²) in [4.78, 5) is 22.9. The number of phosphoric acid groups is 1. The van der Waals surface area contributed by atoms with Gasteiger partial charge in [0, 0.05) is 0 Å². The van der Waals surface area contributed by atoms with Gasteiger partial charge in [-0.1, -0.05) is 0 Å². The molecule has 0 aliphatic carbocycles. The Labute approximate surface area is 109 Å². The van der Waals surface area contributed by atoms with E-state index in [2.05, 4.69) is 5.32 Å². The van der Waals surface area contributed by atoms with Crippen molar-refractivity contribution in [1.82, 2.24) is 5.32 Å². The molecule has 0 saturated carbocycles. The van der Waals surface area contributed by atoms with Crippen LogP contribution in [0.3, 0.4) is 0 Å². The van der Waals surface area contributed by atoms with Gasteiger partial charge >= 0.3 is 51.4 Å². The Balaban J connectivity index is -0.0000000326. The molecule has 0 saturated heterocycles. The van der Waals surface area contributed by atoms with Crippen molar-refractivity contribution >= 4 is 20.2 Å². The summed E-state index contributed by atoms with van der Waals surface area (Å²) in [6.45, 7) is 0. The van der Waals surface area contributed by atoms with Crippen LogP contribution in [-0.4, -0.2) is 23.9 Å². The molecule has 0 amide bonds. The Morgan fingerprint density at radius 3 is 1.40 bits per heavy atom. The van der Waals surface area contributed by atoms with E-state index in [9.17, 15) is 0 Å². The molecule has 0 aromatic rings. The molecule has 0 aliphatic heterocycles. The van der Waals surface area contributed by atoms with E-state index in [0.717, 1.165) is 0 Å². The van der Waals surface area contributed by atoms with E-state index in [1.165, 1.54) is 0 Å². The van der Waals surface area contributed by atoms with Gasteiger partial charge in [0.2, 0.25) is 0 Å². The normalized spacial score (nSPS) is 7.70. The molecule has 5 nitrogen and oxygen atoms in total. The second kappa shape index (κ2) is 13.6. The Bertz CT molecular complexity index is 79.1. The molecule has 8 heteroatoms. The summed E-state index contributed by atoms with van der Waals surface area (Å²) >= 11 is 0. The van der Waals surface area contributed by atoms with Crippen LogP contribution < -0.4 is 61.6 Å². The minimum absolute atomic E-state index is 0. The monoisotopic (exact) mass is 217 g/mol. The van der Waals surface area contributed by atoms with Crippen molar-refractivity contribution in [1.29, 1.82) is 0 Å². The van der Waals surface area contributed by atoms with Gasteiger partial charge in [0.05, 0.1) is 0 Å². The summed E-state index contributed by atoms with van der Waals surface area (Å²) in [5.74, 6) is 0. The van der Waals surface area contributed by atoms with Gasteiger partial charge in [0.15, 0.2) is 0 Å². The van der Waals surface area contributed by atoms with E-state index >= 15 is 0 Å². The van der Waals surface area contributed by atoms with Gasteiger partial charge in [-0.05, 0) is 14.1 Å². The molecule has 0 heterocycles. The van der Waals surface area contributed by atoms with Gasteiger partial charge in [-0.25, -0.2) is 0 Å². The third kappa shape index (κ3) is 203. The van der Waals surface area contributed by atoms with E-state index in [4.69, 9.17) is 19.2 Å². The maximum atomic E-state index is 8.77. The third-order valence-electron chi connectivity index (χ3n) is 0. The molecule has 0 aromatic carbocycles. The summed E-state index contributed by atoms with van der Waals surface area (Å²) in [6, 6.07) is 0. The van der Waals surface area contributed by atoms with Crippen molar-refractivity contribution in [2.24, 2.45) is 0 Å². The molecular weight excluding hydrogens is 208 g/mol. The number of hydrogen-bond acceptors (Lipinski definition) is 3. The summed E-state index contributed by atoms with van der Waals surface area (Å²) in [6.07, 6.45) is 0. The fourth-order valence-corrected chi connectivity index (χ4v) is 0. The van der Waals surface area contributed by atoms with Crippen LogP contribution in [-0.2, 0) is 4.57 Å². The fraction of sp³-hybridized carbons (Fsp3) is 1.00. The van der Waals surface area contributed by atoms with Gasteiger partial charge in [-0.2, -0.15) is 0 Å². The zero-order chi connectivity index (χ0) is 7.21. The van der Waals surface area contributed by atoms with Crippen LogP contribution >= 0.6 is 20.2 Å². The Hall–Kier alpha value is 2.00. The van der Waals surface area contributed by atoms with Crippen molar-refractivity contribution in [3.63, 3.8) is 0 Å². The molecule has 0 atom stereocenters. The summed E-state index contributed by atoms with van der Waals surface area (Å²) < 4.78 is 8.77. The molecule has 0 aliphatic rings. The number of hydrogen-bond donors (Lipinski definition) is 3. The molecule has 0 unspecified atom stereocenters.